The number of benzene rings is 1. The van der Waals surface area contributed by atoms with E-state index in [1.807, 2.05) is 0 Å². The maximum atomic E-state index is 12.0. The lowest BCUT2D eigenvalue weighted by atomic mass is 9.71. The Hall–Kier alpha value is -0.950. The third-order valence-corrected chi connectivity index (χ3v) is 7.34. The fourth-order valence-corrected chi connectivity index (χ4v) is 5.36. The van der Waals surface area contributed by atoms with E-state index < -0.39 is 10.0 Å². The van der Waals surface area contributed by atoms with Crippen LogP contribution in [-0.2, 0) is 21.3 Å². The summed E-state index contributed by atoms with van der Waals surface area (Å²) >= 11 is 0. The molecule has 0 aromatic heterocycles. The van der Waals surface area contributed by atoms with Crippen LogP contribution in [0.5, 0.6) is 0 Å². The van der Waals surface area contributed by atoms with E-state index in [2.05, 4.69) is 36.1 Å². The first-order valence-corrected chi connectivity index (χ1v) is 10.9. The summed E-state index contributed by atoms with van der Waals surface area (Å²) < 4.78 is 31.1. The molecular formula is C19H30N2O3S. The number of likely N-dealkylation sites (tertiary alicyclic amines) is 1. The van der Waals surface area contributed by atoms with E-state index in [-0.39, 0.29) is 5.41 Å². The van der Waals surface area contributed by atoms with Gasteiger partial charge in [0.15, 0.2) is 0 Å². The Kier molecular flexibility index (Phi) is 5.54. The van der Waals surface area contributed by atoms with Gasteiger partial charge in [-0.2, -0.15) is 0 Å². The number of ether oxygens (including phenoxy) is 1. The van der Waals surface area contributed by atoms with Crippen LogP contribution in [0.1, 0.15) is 24.0 Å². The monoisotopic (exact) mass is 366 g/mol. The predicted molar refractivity (Wildman–Crippen MR) is 99.9 cm³/mol. The van der Waals surface area contributed by atoms with Crippen LogP contribution in [0.3, 0.4) is 0 Å². The zero-order valence-corrected chi connectivity index (χ0v) is 16.4. The topological polar surface area (TPSA) is 49.9 Å². The highest BCUT2D eigenvalue weighted by atomic mass is 32.2. The fraction of sp³-hybridized carbons (Fsp3) is 0.684. The average molecular weight is 367 g/mol. The van der Waals surface area contributed by atoms with Crippen LogP contribution in [-0.4, -0.2) is 63.8 Å². The van der Waals surface area contributed by atoms with Crippen molar-refractivity contribution < 1.29 is 13.2 Å². The SMILES string of the molecule is COC[C@@H]1CN(S(C)(=O)=O)CC12CCN(Cc1ccccc1C)CC2. The highest BCUT2D eigenvalue weighted by molar-refractivity contribution is 7.88. The third kappa shape index (κ3) is 4.08. The summed E-state index contributed by atoms with van der Waals surface area (Å²) in [4.78, 5) is 2.50. The van der Waals surface area contributed by atoms with Crippen LogP contribution in [0.2, 0.25) is 0 Å². The quantitative estimate of drug-likeness (QED) is 0.801. The van der Waals surface area contributed by atoms with E-state index >= 15 is 0 Å². The maximum Gasteiger partial charge on any atom is 0.211 e. The van der Waals surface area contributed by atoms with Crippen molar-refractivity contribution in [1.82, 2.24) is 9.21 Å². The summed E-state index contributed by atoms with van der Waals surface area (Å²) in [6.07, 6.45) is 3.40. The van der Waals surface area contributed by atoms with E-state index in [1.54, 1.807) is 11.4 Å². The first-order valence-electron chi connectivity index (χ1n) is 9.05. The molecule has 1 atom stereocenters. The lowest BCUT2D eigenvalue weighted by molar-refractivity contribution is 0.0357. The van der Waals surface area contributed by atoms with E-state index in [0.29, 0.717) is 25.6 Å². The van der Waals surface area contributed by atoms with Gasteiger partial charge in [-0.1, -0.05) is 24.3 Å². The minimum absolute atomic E-state index is 0.0708. The van der Waals surface area contributed by atoms with Crippen molar-refractivity contribution in [3.8, 4) is 0 Å². The lowest BCUT2D eigenvalue weighted by Crippen LogP contribution is -2.45. The second-order valence-corrected chi connectivity index (χ2v) is 9.76. The van der Waals surface area contributed by atoms with Crippen molar-refractivity contribution in [1.29, 1.82) is 0 Å². The molecule has 1 spiro atoms. The van der Waals surface area contributed by atoms with Gasteiger partial charge in [-0.05, 0) is 49.4 Å². The van der Waals surface area contributed by atoms with Crippen LogP contribution >= 0.6 is 0 Å². The van der Waals surface area contributed by atoms with Crippen LogP contribution in [0, 0.1) is 18.3 Å². The molecule has 3 rings (SSSR count). The molecule has 2 aliphatic heterocycles. The van der Waals surface area contributed by atoms with Gasteiger partial charge in [0.05, 0.1) is 12.9 Å². The normalized spacial score (nSPS) is 24.8. The van der Waals surface area contributed by atoms with Crippen LogP contribution in [0.25, 0.3) is 0 Å². The second-order valence-electron chi connectivity index (χ2n) is 7.77. The summed E-state index contributed by atoms with van der Waals surface area (Å²) in [5.74, 6) is 0.299. The molecule has 2 heterocycles. The first kappa shape index (κ1) is 18.8. The summed E-state index contributed by atoms with van der Waals surface area (Å²) in [5.41, 5.74) is 2.79. The average Bonchev–Trinajstić information content (AvgIpc) is 2.91. The molecule has 0 aliphatic carbocycles. The molecule has 1 aromatic rings. The molecule has 0 unspecified atom stereocenters. The minimum atomic E-state index is -3.13. The van der Waals surface area contributed by atoms with Gasteiger partial charge in [-0.15, -0.1) is 0 Å². The van der Waals surface area contributed by atoms with E-state index in [1.165, 1.54) is 17.4 Å². The number of sulfonamides is 1. The molecule has 0 radical (unpaired) electrons. The Morgan fingerprint density at radius 2 is 1.92 bits per heavy atom. The molecule has 0 N–H and O–H groups in total. The summed E-state index contributed by atoms with van der Waals surface area (Å²) in [6, 6.07) is 8.55. The van der Waals surface area contributed by atoms with E-state index in [9.17, 15) is 8.42 Å². The third-order valence-electron chi connectivity index (χ3n) is 6.13. The molecule has 25 heavy (non-hydrogen) atoms. The van der Waals surface area contributed by atoms with Gasteiger partial charge in [0.25, 0.3) is 0 Å². The summed E-state index contributed by atoms with van der Waals surface area (Å²) in [7, 11) is -1.42. The van der Waals surface area contributed by atoms with Crippen LogP contribution < -0.4 is 0 Å². The molecule has 1 aromatic carbocycles. The van der Waals surface area contributed by atoms with Crippen molar-refractivity contribution >= 4 is 10.0 Å². The molecule has 0 saturated carbocycles. The van der Waals surface area contributed by atoms with Gasteiger partial charge in [-0.3, -0.25) is 4.90 Å². The smallest absolute Gasteiger partial charge is 0.211 e. The van der Waals surface area contributed by atoms with Gasteiger partial charge < -0.3 is 4.74 Å². The van der Waals surface area contributed by atoms with Crippen molar-refractivity contribution in [2.45, 2.75) is 26.3 Å². The molecule has 0 amide bonds. The van der Waals surface area contributed by atoms with Crippen molar-refractivity contribution in [2.24, 2.45) is 11.3 Å². The van der Waals surface area contributed by atoms with Gasteiger partial charge in [0.2, 0.25) is 10.0 Å². The van der Waals surface area contributed by atoms with Gasteiger partial charge in [0.1, 0.15) is 0 Å². The Labute approximate surface area is 152 Å². The van der Waals surface area contributed by atoms with Crippen molar-refractivity contribution in [3.63, 3.8) is 0 Å². The Morgan fingerprint density at radius 3 is 2.52 bits per heavy atom. The molecule has 2 fully saturated rings. The lowest BCUT2D eigenvalue weighted by Gasteiger charge is -2.42. The number of methoxy groups -OCH3 is 1. The van der Waals surface area contributed by atoms with Gasteiger partial charge in [-0.25, -0.2) is 12.7 Å². The zero-order valence-electron chi connectivity index (χ0n) is 15.6. The standard InChI is InChI=1S/C19H30N2O3S/c1-16-6-4-5-7-17(16)12-20-10-8-19(9-11-20)15-21(25(3,22)23)13-18(19)14-24-2/h4-7,18H,8-15H2,1-3H3/t18-/m0/s1. The number of aryl methyl sites for hydroxylation is 1. The Balaban J connectivity index is 1.67. The number of piperidine rings is 1. The van der Waals surface area contributed by atoms with E-state index in [4.69, 9.17) is 4.74 Å². The number of hydrogen-bond donors (Lipinski definition) is 0. The predicted octanol–water partition coefficient (Wildman–Crippen LogP) is 2.12. The molecule has 140 valence electrons. The number of hydrogen-bond acceptors (Lipinski definition) is 4. The number of nitrogens with zero attached hydrogens (tertiary/aromatic N) is 2. The Bertz CT molecular complexity index is 696. The maximum absolute atomic E-state index is 12.0. The second kappa shape index (κ2) is 7.35. The summed E-state index contributed by atoms with van der Waals surface area (Å²) in [5, 5.41) is 0. The van der Waals surface area contributed by atoms with Crippen molar-refractivity contribution in [3.05, 3.63) is 35.4 Å². The fourth-order valence-electron chi connectivity index (χ4n) is 4.42. The van der Waals surface area contributed by atoms with Gasteiger partial charge >= 0.3 is 0 Å². The molecule has 2 aliphatic rings. The Morgan fingerprint density at radius 1 is 1.24 bits per heavy atom. The molecule has 6 heteroatoms. The molecule has 2 saturated heterocycles. The molecule has 0 bridgehead atoms. The largest absolute Gasteiger partial charge is 0.384 e. The summed E-state index contributed by atoms with van der Waals surface area (Å²) in [6.45, 7) is 7.08. The van der Waals surface area contributed by atoms with Crippen molar-refractivity contribution in [2.75, 3.05) is 46.2 Å². The first-order chi connectivity index (χ1) is 11.8. The van der Waals surface area contributed by atoms with Crippen LogP contribution in [0.4, 0.5) is 0 Å². The van der Waals surface area contributed by atoms with E-state index in [0.717, 1.165) is 32.5 Å². The molecule has 5 nitrogen and oxygen atoms in total. The molecular weight excluding hydrogens is 336 g/mol. The minimum Gasteiger partial charge on any atom is -0.384 e. The van der Waals surface area contributed by atoms with Gasteiger partial charge in [0, 0.05) is 32.7 Å². The zero-order chi connectivity index (χ0) is 18.1. The highest BCUT2D eigenvalue weighted by Crippen LogP contribution is 2.45. The number of rotatable bonds is 5. The van der Waals surface area contributed by atoms with Crippen LogP contribution in [0.15, 0.2) is 24.3 Å². The highest BCUT2D eigenvalue weighted by Gasteiger charge is 2.49.